The molecule has 1 unspecified atom stereocenters. The van der Waals surface area contributed by atoms with Gasteiger partial charge in [-0.05, 0) is 37.5 Å². The van der Waals surface area contributed by atoms with Crippen LogP contribution in [-0.2, 0) is 9.59 Å². The van der Waals surface area contributed by atoms with E-state index in [0.717, 1.165) is 35.1 Å². The normalized spacial score (nSPS) is 22.9. The number of amides is 2. The molecule has 5 heteroatoms. The lowest BCUT2D eigenvalue weighted by molar-refractivity contribution is -0.140. The molecule has 3 rings (SSSR count). The number of fused-ring (bicyclic) bond motifs is 1. The molecular weight excluding hydrogens is 308 g/mol. The van der Waals surface area contributed by atoms with Crippen LogP contribution in [0.5, 0.6) is 0 Å². The maximum absolute atomic E-state index is 12.5. The maximum Gasteiger partial charge on any atom is 0.250 e. The number of halogens is 1. The standard InChI is InChI=1S/C14H15BrN2O2/c1-9-4-5-10(7-11(9)15)17-8-13(18)16-6-2-3-12(16)14(17)19/h4-5,7,12H,2-3,6,8H2,1H3. The Morgan fingerprint density at radius 3 is 2.84 bits per heavy atom. The Balaban J connectivity index is 1.94. The highest BCUT2D eigenvalue weighted by atomic mass is 79.9. The third kappa shape index (κ3) is 2.06. The number of carbonyl (C=O) groups is 2. The summed E-state index contributed by atoms with van der Waals surface area (Å²) >= 11 is 3.47. The largest absolute Gasteiger partial charge is 0.329 e. The number of piperazine rings is 1. The Morgan fingerprint density at radius 2 is 2.11 bits per heavy atom. The van der Waals surface area contributed by atoms with Crippen molar-refractivity contribution in [1.29, 1.82) is 0 Å². The quantitative estimate of drug-likeness (QED) is 0.794. The summed E-state index contributed by atoms with van der Waals surface area (Å²) in [6, 6.07) is 5.51. The van der Waals surface area contributed by atoms with Gasteiger partial charge in [-0.15, -0.1) is 0 Å². The van der Waals surface area contributed by atoms with Crippen molar-refractivity contribution in [3.05, 3.63) is 28.2 Å². The summed E-state index contributed by atoms with van der Waals surface area (Å²) in [5.41, 5.74) is 1.91. The summed E-state index contributed by atoms with van der Waals surface area (Å²) in [7, 11) is 0. The number of carbonyl (C=O) groups excluding carboxylic acids is 2. The van der Waals surface area contributed by atoms with Crippen molar-refractivity contribution in [2.45, 2.75) is 25.8 Å². The van der Waals surface area contributed by atoms with E-state index in [1.807, 2.05) is 25.1 Å². The van der Waals surface area contributed by atoms with Crippen LogP contribution in [0.3, 0.4) is 0 Å². The van der Waals surface area contributed by atoms with Crippen LogP contribution in [0.4, 0.5) is 5.69 Å². The zero-order valence-corrected chi connectivity index (χ0v) is 12.3. The van der Waals surface area contributed by atoms with E-state index in [1.54, 1.807) is 9.80 Å². The molecular formula is C14H15BrN2O2. The topological polar surface area (TPSA) is 40.6 Å². The lowest BCUT2D eigenvalue weighted by Crippen LogP contribution is -2.57. The van der Waals surface area contributed by atoms with Crippen molar-refractivity contribution >= 4 is 33.4 Å². The highest BCUT2D eigenvalue weighted by Crippen LogP contribution is 2.29. The molecule has 1 atom stereocenters. The van der Waals surface area contributed by atoms with Gasteiger partial charge in [-0.25, -0.2) is 0 Å². The van der Waals surface area contributed by atoms with E-state index in [-0.39, 0.29) is 24.4 Å². The molecule has 2 aliphatic rings. The van der Waals surface area contributed by atoms with Gasteiger partial charge in [0.25, 0.3) is 0 Å². The summed E-state index contributed by atoms with van der Waals surface area (Å²) in [5.74, 6) is 0.103. The van der Waals surface area contributed by atoms with Crippen LogP contribution in [0.25, 0.3) is 0 Å². The molecule has 1 aromatic carbocycles. The molecule has 0 spiro atoms. The molecule has 19 heavy (non-hydrogen) atoms. The lowest BCUT2D eigenvalue weighted by Gasteiger charge is -2.36. The second kappa shape index (κ2) is 4.63. The molecule has 2 saturated heterocycles. The Hall–Kier alpha value is -1.36. The van der Waals surface area contributed by atoms with Gasteiger partial charge in [-0.2, -0.15) is 0 Å². The van der Waals surface area contributed by atoms with Crippen molar-refractivity contribution in [3.8, 4) is 0 Å². The monoisotopic (exact) mass is 322 g/mol. The number of benzene rings is 1. The number of anilines is 1. The predicted molar refractivity (Wildman–Crippen MR) is 76.0 cm³/mol. The van der Waals surface area contributed by atoms with E-state index in [4.69, 9.17) is 0 Å². The molecule has 0 radical (unpaired) electrons. The first-order chi connectivity index (χ1) is 9.08. The van der Waals surface area contributed by atoms with E-state index < -0.39 is 0 Å². The first kappa shape index (κ1) is 12.7. The van der Waals surface area contributed by atoms with Crippen LogP contribution in [0, 0.1) is 6.92 Å². The number of nitrogens with zero attached hydrogens (tertiary/aromatic N) is 2. The molecule has 0 bridgehead atoms. The number of aryl methyl sites for hydroxylation is 1. The van der Waals surface area contributed by atoms with Crippen LogP contribution in [0.2, 0.25) is 0 Å². The Morgan fingerprint density at radius 1 is 1.32 bits per heavy atom. The Bertz CT molecular complexity index is 558. The summed E-state index contributed by atoms with van der Waals surface area (Å²) < 4.78 is 0.958. The Labute approximate surface area is 120 Å². The predicted octanol–water partition coefficient (Wildman–Crippen LogP) is 2.10. The van der Waals surface area contributed by atoms with Crippen LogP contribution < -0.4 is 4.90 Å². The second-order valence-electron chi connectivity index (χ2n) is 5.10. The molecule has 0 aromatic heterocycles. The third-order valence-corrected chi connectivity index (χ3v) is 4.74. The van der Waals surface area contributed by atoms with Crippen molar-refractivity contribution in [2.24, 2.45) is 0 Å². The van der Waals surface area contributed by atoms with Crippen LogP contribution in [0.15, 0.2) is 22.7 Å². The van der Waals surface area contributed by atoms with Gasteiger partial charge in [0.1, 0.15) is 12.6 Å². The van der Waals surface area contributed by atoms with Gasteiger partial charge < -0.3 is 9.80 Å². The molecule has 0 aliphatic carbocycles. The smallest absolute Gasteiger partial charge is 0.250 e. The van der Waals surface area contributed by atoms with Gasteiger partial charge in [-0.1, -0.05) is 22.0 Å². The number of hydrogen-bond acceptors (Lipinski definition) is 2. The average Bonchev–Trinajstić information content (AvgIpc) is 2.87. The SMILES string of the molecule is Cc1ccc(N2CC(=O)N3CCCC3C2=O)cc1Br. The molecule has 4 nitrogen and oxygen atoms in total. The molecule has 0 saturated carbocycles. The Kier molecular flexibility index (Phi) is 3.09. The molecule has 2 heterocycles. The first-order valence-corrected chi connectivity index (χ1v) is 7.24. The van der Waals surface area contributed by atoms with Crippen molar-refractivity contribution in [2.75, 3.05) is 18.0 Å². The molecule has 2 amide bonds. The second-order valence-corrected chi connectivity index (χ2v) is 5.96. The minimum atomic E-state index is -0.249. The highest BCUT2D eigenvalue weighted by molar-refractivity contribution is 9.10. The first-order valence-electron chi connectivity index (χ1n) is 6.45. The van der Waals surface area contributed by atoms with Crippen LogP contribution in [-0.4, -0.2) is 35.8 Å². The molecule has 0 N–H and O–H groups in total. The average molecular weight is 323 g/mol. The van der Waals surface area contributed by atoms with Gasteiger partial charge in [0.2, 0.25) is 11.8 Å². The van der Waals surface area contributed by atoms with E-state index >= 15 is 0 Å². The summed E-state index contributed by atoms with van der Waals surface area (Å²) in [6.07, 6.45) is 1.71. The van der Waals surface area contributed by atoms with Crippen molar-refractivity contribution < 1.29 is 9.59 Å². The van der Waals surface area contributed by atoms with Crippen molar-refractivity contribution in [3.63, 3.8) is 0 Å². The van der Waals surface area contributed by atoms with E-state index in [1.165, 1.54) is 0 Å². The molecule has 2 fully saturated rings. The zero-order chi connectivity index (χ0) is 13.6. The van der Waals surface area contributed by atoms with Crippen LogP contribution in [0.1, 0.15) is 18.4 Å². The fourth-order valence-electron chi connectivity index (χ4n) is 2.77. The van der Waals surface area contributed by atoms with Gasteiger partial charge in [0.15, 0.2) is 0 Å². The summed E-state index contributed by atoms with van der Waals surface area (Å²) in [6.45, 7) is 2.88. The maximum atomic E-state index is 12.5. The number of hydrogen-bond donors (Lipinski definition) is 0. The van der Waals surface area contributed by atoms with Gasteiger partial charge in [0, 0.05) is 16.7 Å². The molecule has 1 aromatic rings. The molecule has 100 valence electrons. The highest BCUT2D eigenvalue weighted by Gasteiger charge is 2.42. The zero-order valence-electron chi connectivity index (χ0n) is 10.7. The van der Waals surface area contributed by atoms with Gasteiger partial charge in [-0.3, -0.25) is 9.59 Å². The lowest BCUT2D eigenvalue weighted by atomic mass is 10.1. The van der Waals surface area contributed by atoms with Gasteiger partial charge >= 0.3 is 0 Å². The van der Waals surface area contributed by atoms with Crippen LogP contribution >= 0.6 is 15.9 Å². The summed E-state index contributed by atoms with van der Waals surface area (Å²) in [5, 5.41) is 0. The van der Waals surface area contributed by atoms with Gasteiger partial charge in [0.05, 0.1) is 0 Å². The minimum Gasteiger partial charge on any atom is -0.329 e. The van der Waals surface area contributed by atoms with E-state index in [2.05, 4.69) is 15.9 Å². The minimum absolute atomic E-state index is 0.0489. The third-order valence-electron chi connectivity index (χ3n) is 3.88. The molecule has 2 aliphatic heterocycles. The summed E-state index contributed by atoms with van der Waals surface area (Å²) in [4.78, 5) is 27.9. The fourth-order valence-corrected chi connectivity index (χ4v) is 3.14. The van der Waals surface area contributed by atoms with E-state index in [9.17, 15) is 9.59 Å². The number of rotatable bonds is 1. The van der Waals surface area contributed by atoms with E-state index in [0.29, 0.717) is 0 Å². The fraction of sp³-hybridized carbons (Fsp3) is 0.429. The van der Waals surface area contributed by atoms with Crippen molar-refractivity contribution in [1.82, 2.24) is 4.90 Å².